The van der Waals surface area contributed by atoms with Crippen molar-refractivity contribution in [3.63, 3.8) is 0 Å². The molecule has 0 radical (unpaired) electrons. The number of nitrogens with zero attached hydrogens (tertiary/aromatic N) is 4. The molecule has 11 N–H and O–H groups in total. The van der Waals surface area contributed by atoms with Gasteiger partial charge in [-0.3, -0.25) is 57.7 Å². The Hall–Kier alpha value is -8.42. The number of aliphatic hydroxyl groups excluding tert-OH is 1. The Morgan fingerprint density at radius 3 is 1.96 bits per heavy atom. The maximum atomic E-state index is 14.8. The maximum absolute atomic E-state index is 14.8. The van der Waals surface area contributed by atoms with Crippen molar-refractivity contribution in [2.75, 3.05) is 59.0 Å². The van der Waals surface area contributed by atoms with Gasteiger partial charge in [-0.2, -0.15) is 0 Å². The molecule has 31 heteroatoms. The molecule has 2 heterocycles. The summed E-state index contributed by atoms with van der Waals surface area (Å²) in [6.45, 7) is 19.4. The summed E-state index contributed by atoms with van der Waals surface area (Å²) in [6.07, 6.45) is -0.171. The van der Waals surface area contributed by atoms with Crippen LogP contribution in [0, 0.1) is 29.6 Å². The fraction of sp³-hybridized carbons (Fsp3) is 0.658. The number of primary amides is 1. The van der Waals surface area contributed by atoms with Crippen molar-refractivity contribution >= 4 is 94.6 Å². The van der Waals surface area contributed by atoms with Gasteiger partial charge in [-0.15, -0.1) is 11.8 Å². The number of aliphatic hydroxyl groups is 1. The number of ether oxygens (including phenoxy) is 3. The van der Waals surface area contributed by atoms with E-state index in [0.717, 1.165) is 21.6 Å². The largest absolute Gasteiger partial charge is 0.480 e. The average molecular weight is 1480 g/mol. The number of nitrogens with one attached hydrogen (secondary N) is 7. The zero-order chi connectivity index (χ0) is 77.8. The van der Waals surface area contributed by atoms with E-state index in [-0.39, 0.29) is 75.3 Å². The fourth-order valence-corrected chi connectivity index (χ4v) is 14.2. The van der Waals surface area contributed by atoms with E-state index in [1.54, 1.807) is 104 Å². The van der Waals surface area contributed by atoms with Crippen LogP contribution in [0.1, 0.15) is 164 Å². The number of amides is 13. The predicted octanol–water partition coefficient (Wildman–Crippen LogP) is 4.60. The Kier molecular flexibility index (Phi) is 36.5. The van der Waals surface area contributed by atoms with Gasteiger partial charge in [0.05, 0.1) is 54.0 Å². The zero-order valence-corrected chi connectivity index (χ0v) is 63.8. The van der Waals surface area contributed by atoms with Crippen molar-refractivity contribution in [3.05, 3.63) is 65.7 Å². The van der Waals surface area contributed by atoms with Crippen LogP contribution >= 0.6 is 11.8 Å². The summed E-state index contributed by atoms with van der Waals surface area (Å²) in [5, 5.41) is 38.5. The highest BCUT2D eigenvalue weighted by Gasteiger charge is 2.45. The first-order chi connectivity index (χ1) is 49.1. The second kappa shape index (κ2) is 43.1. The number of likely N-dealkylation sites (tertiary alicyclic amines) is 2. The van der Waals surface area contributed by atoms with Gasteiger partial charge < -0.3 is 77.2 Å². The molecule has 580 valence electrons. The topological polar surface area (TPSA) is 413 Å². The molecule has 0 aliphatic carbocycles. The SMILES string of the molecule is CC[C@H](C)[C@@H]([C@@H](CC(=O)N1CCC[C@H]1[C@H](OC)[C@@H](C)C(=O)N[C@H](C)[C@@H](O)c1ccccc1)OC)N(C)C(=O)[C@@H](NC(=O)[C@H](C(C)C)N(C)C(=O)OCc1ccc(NC(=O)[C@H](CCCNC(N)=O)NC(=O)[C@@H](NC(=O)CCCCCN2C(=O)CC(SC[C@H](NC(C)=O)C(=O)O)C2=O)C(C)C)cc1)C(C)C. The van der Waals surface area contributed by atoms with Gasteiger partial charge in [0, 0.05) is 79.2 Å². The molecular formula is C73H114N12O18S. The second-order valence-electron chi connectivity index (χ2n) is 28.1. The molecule has 2 aliphatic heterocycles. The number of thioether (sulfide) groups is 1. The zero-order valence-electron chi connectivity index (χ0n) is 63.0. The molecule has 2 aromatic carbocycles. The van der Waals surface area contributed by atoms with Gasteiger partial charge in [0.1, 0.15) is 36.8 Å². The van der Waals surface area contributed by atoms with Crippen LogP contribution in [0.15, 0.2) is 54.6 Å². The monoisotopic (exact) mass is 1480 g/mol. The number of nitrogens with two attached hydrogens (primary N) is 1. The van der Waals surface area contributed by atoms with Crippen LogP contribution in [0.5, 0.6) is 0 Å². The van der Waals surface area contributed by atoms with Gasteiger partial charge in [-0.25, -0.2) is 14.4 Å². The lowest BCUT2D eigenvalue weighted by Gasteiger charge is -2.41. The first kappa shape index (κ1) is 88.0. The number of hydrogen-bond acceptors (Lipinski definition) is 18. The van der Waals surface area contributed by atoms with E-state index >= 15 is 0 Å². The minimum atomic E-state index is -1.27. The quantitative estimate of drug-likeness (QED) is 0.0320. The van der Waals surface area contributed by atoms with Gasteiger partial charge >= 0.3 is 18.1 Å². The summed E-state index contributed by atoms with van der Waals surface area (Å²) >= 11 is 0.982. The van der Waals surface area contributed by atoms with Crippen molar-refractivity contribution < 1.29 is 86.8 Å². The summed E-state index contributed by atoms with van der Waals surface area (Å²) in [6, 6.07) is 7.22. The Labute approximate surface area is 615 Å². The molecule has 2 aliphatic rings. The molecule has 1 unspecified atom stereocenters. The van der Waals surface area contributed by atoms with Crippen LogP contribution in [0.3, 0.4) is 0 Å². The van der Waals surface area contributed by atoms with Crippen molar-refractivity contribution in [2.45, 2.75) is 225 Å². The van der Waals surface area contributed by atoms with Gasteiger partial charge in [-0.05, 0) is 92.4 Å². The highest BCUT2D eigenvalue weighted by Crippen LogP contribution is 2.31. The lowest BCUT2D eigenvalue weighted by atomic mass is 9.89. The smallest absolute Gasteiger partial charge is 0.410 e. The summed E-state index contributed by atoms with van der Waals surface area (Å²) in [5.74, 6) is -8.35. The number of methoxy groups -OCH3 is 2. The van der Waals surface area contributed by atoms with Crippen LogP contribution < -0.4 is 43.0 Å². The van der Waals surface area contributed by atoms with Gasteiger partial charge in [0.2, 0.25) is 59.1 Å². The highest BCUT2D eigenvalue weighted by atomic mass is 32.2. The minimum Gasteiger partial charge on any atom is -0.480 e. The van der Waals surface area contributed by atoms with E-state index in [0.29, 0.717) is 61.9 Å². The maximum Gasteiger partial charge on any atom is 0.410 e. The standard InChI is InChI=1S/C73H114N12O18S/c1-16-44(8)62(54(101-14)37-57(88)84-36-24-28-53(84)64(102-15)45(9)65(91)76-46(10)63(90)49-25-19-17-20-26-49)82(12)70(96)60(42(4)5)81-68(94)61(43(6)7)83(13)73(100)103-39-48-30-32-50(33-31-48)78-66(92)51(27-23-34-75-72(74)99)79-67(93)59(41(2)3)80-56(87)29-21-18-22-35-85-58(89)38-55(69(85)95)104-40-52(71(97)98)77-47(11)86/h17,19-20,25-26,30-33,41-46,51-55,59-64,90H,16,18,21-24,27-29,34-40H2,1-15H3,(H,76,91)(H,77,86)(H,78,92)(H,79,93)(H,80,87)(H,81,94)(H,97,98)(H3,74,75,99)/t44-,45+,46+,51-,52-,53-,54+,55?,59-,60-,61-,62-,63+,64+/m0/s1. The number of carboxylic acids is 1. The molecule has 14 atom stereocenters. The minimum absolute atomic E-state index is 0.00251. The molecule has 4 rings (SSSR count). The van der Waals surface area contributed by atoms with Crippen molar-refractivity contribution in [1.29, 1.82) is 0 Å². The third-order valence-corrected chi connectivity index (χ3v) is 20.5. The Morgan fingerprint density at radius 2 is 1.38 bits per heavy atom. The van der Waals surface area contributed by atoms with Gasteiger partial charge in [0.15, 0.2) is 0 Å². The number of carboxylic acid groups (broad SMARTS) is 1. The number of hydrogen-bond donors (Lipinski definition) is 10. The lowest BCUT2D eigenvalue weighted by molar-refractivity contribution is -0.148. The molecule has 0 bridgehead atoms. The predicted molar refractivity (Wildman–Crippen MR) is 390 cm³/mol. The molecule has 13 amide bonds. The molecule has 0 spiro atoms. The number of rotatable bonds is 43. The third kappa shape index (κ3) is 26.3. The van der Waals surface area contributed by atoms with Crippen molar-refractivity contribution in [1.82, 2.24) is 51.5 Å². The molecule has 30 nitrogen and oxygen atoms in total. The number of carbonyl (C=O) groups excluding carboxylic acids is 12. The van der Waals surface area contributed by atoms with Crippen LogP contribution in [-0.2, 0) is 73.6 Å². The first-order valence-corrected chi connectivity index (χ1v) is 37.0. The van der Waals surface area contributed by atoms with Crippen molar-refractivity contribution in [3.8, 4) is 0 Å². The van der Waals surface area contributed by atoms with Crippen LogP contribution in [-0.4, -0.2) is 226 Å². The van der Waals surface area contributed by atoms with E-state index in [1.807, 2.05) is 32.0 Å². The normalized spacial score (nSPS) is 18.0. The number of urea groups is 1. The van der Waals surface area contributed by atoms with Crippen LogP contribution in [0.25, 0.3) is 0 Å². The fourth-order valence-electron chi connectivity index (χ4n) is 13.1. The molecule has 0 aromatic heterocycles. The number of imide groups is 1. The van der Waals surface area contributed by atoms with Crippen LogP contribution in [0.4, 0.5) is 15.3 Å². The summed E-state index contributed by atoms with van der Waals surface area (Å²) in [7, 11) is 6.05. The van der Waals surface area contributed by atoms with Gasteiger partial charge in [-0.1, -0.05) is 118 Å². The summed E-state index contributed by atoms with van der Waals surface area (Å²) < 4.78 is 17.8. The van der Waals surface area contributed by atoms with E-state index in [2.05, 4.69) is 37.2 Å². The lowest BCUT2D eigenvalue weighted by Crippen LogP contribution is -2.60. The molecular weight excluding hydrogens is 1360 g/mol. The second-order valence-corrected chi connectivity index (χ2v) is 29.3. The molecule has 2 fully saturated rings. The first-order valence-electron chi connectivity index (χ1n) is 35.9. The number of benzene rings is 2. The summed E-state index contributed by atoms with van der Waals surface area (Å²) in [4.78, 5) is 178. The molecule has 104 heavy (non-hydrogen) atoms. The van der Waals surface area contributed by atoms with E-state index in [4.69, 9.17) is 19.9 Å². The van der Waals surface area contributed by atoms with E-state index in [9.17, 15) is 72.5 Å². The van der Waals surface area contributed by atoms with Crippen molar-refractivity contribution in [2.24, 2.45) is 35.3 Å². The molecule has 0 saturated carbocycles. The molecule has 2 aromatic rings. The summed E-state index contributed by atoms with van der Waals surface area (Å²) in [5.41, 5.74) is 6.73. The number of carbonyl (C=O) groups is 13. The average Bonchev–Trinajstić information content (AvgIpc) is 1.57. The Morgan fingerprint density at radius 1 is 0.731 bits per heavy atom. The number of anilines is 1. The number of likely N-dealkylation sites (N-methyl/N-ethyl adjacent to an activating group) is 2. The number of unbranched alkanes of at least 4 members (excludes halogenated alkanes) is 2. The number of aliphatic carboxylic acids is 1. The third-order valence-electron chi connectivity index (χ3n) is 19.2. The molecule has 2 saturated heterocycles. The van der Waals surface area contributed by atoms with E-state index in [1.165, 1.54) is 33.1 Å². The van der Waals surface area contributed by atoms with Gasteiger partial charge in [0.25, 0.3) is 0 Å². The van der Waals surface area contributed by atoms with E-state index < -0.39 is 161 Å². The highest BCUT2D eigenvalue weighted by molar-refractivity contribution is 8.00. The Balaban J connectivity index is 1.35. The Bertz CT molecular complexity index is 3220. The van der Waals surface area contributed by atoms with Crippen LogP contribution in [0.2, 0.25) is 0 Å².